The third-order valence-corrected chi connectivity index (χ3v) is 6.25. The van der Waals surface area contributed by atoms with Gasteiger partial charge in [-0.1, -0.05) is 31.0 Å². The number of carbonyl (C=O) groups is 1. The molecule has 5 nitrogen and oxygen atoms in total. The third kappa shape index (κ3) is 3.56. The molecule has 21 heavy (non-hydrogen) atoms. The van der Waals surface area contributed by atoms with E-state index in [1.807, 2.05) is 19.1 Å². The van der Waals surface area contributed by atoms with Crippen LogP contribution < -0.4 is 4.31 Å². The molecule has 0 unspecified atom stereocenters. The van der Waals surface area contributed by atoms with Crippen LogP contribution in [0.4, 0.5) is 5.69 Å². The number of aryl methyl sites for hydroxylation is 1. The van der Waals surface area contributed by atoms with Crippen LogP contribution in [0, 0.1) is 6.92 Å². The summed E-state index contributed by atoms with van der Waals surface area (Å²) in [6.45, 7) is 1.83. The Kier molecular flexibility index (Phi) is 4.88. The van der Waals surface area contributed by atoms with Crippen molar-refractivity contribution < 1.29 is 18.3 Å². The molecule has 1 saturated carbocycles. The molecular weight excluding hydrogens is 290 g/mol. The molecule has 0 bridgehead atoms. The molecule has 0 heterocycles. The van der Waals surface area contributed by atoms with E-state index >= 15 is 0 Å². The second-order valence-corrected chi connectivity index (χ2v) is 7.59. The molecule has 0 radical (unpaired) electrons. The molecule has 1 aromatic carbocycles. The van der Waals surface area contributed by atoms with Crippen LogP contribution in [0.2, 0.25) is 0 Å². The van der Waals surface area contributed by atoms with Crippen molar-refractivity contribution in [3.63, 3.8) is 0 Å². The van der Waals surface area contributed by atoms with Crippen molar-refractivity contribution in [3.05, 3.63) is 29.8 Å². The molecule has 0 amide bonds. The fraction of sp³-hybridized carbons (Fsp3) is 0.533. The summed E-state index contributed by atoms with van der Waals surface area (Å²) in [7, 11) is -3.50. The minimum absolute atomic E-state index is 0.0149. The Morgan fingerprint density at radius 1 is 1.29 bits per heavy atom. The number of anilines is 1. The number of rotatable bonds is 6. The average molecular weight is 311 g/mol. The van der Waals surface area contributed by atoms with Gasteiger partial charge in [-0.15, -0.1) is 0 Å². The molecular formula is C15H21NO4S. The quantitative estimate of drug-likeness (QED) is 0.876. The highest BCUT2D eigenvalue weighted by Gasteiger charge is 2.34. The minimum Gasteiger partial charge on any atom is -0.481 e. The number of nitrogens with zero attached hydrogens (tertiary/aromatic N) is 1. The van der Waals surface area contributed by atoms with Crippen LogP contribution in [0.25, 0.3) is 0 Å². The lowest BCUT2D eigenvalue weighted by Gasteiger charge is -2.28. The van der Waals surface area contributed by atoms with Gasteiger partial charge in [0.25, 0.3) is 0 Å². The van der Waals surface area contributed by atoms with Gasteiger partial charge in [-0.3, -0.25) is 9.10 Å². The van der Waals surface area contributed by atoms with E-state index in [0.717, 1.165) is 18.4 Å². The van der Waals surface area contributed by atoms with E-state index in [1.165, 1.54) is 4.31 Å². The van der Waals surface area contributed by atoms with E-state index in [2.05, 4.69) is 0 Å². The van der Waals surface area contributed by atoms with Gasteiger partial charge < -0.3 is 5.11 Å². The second-order valence-electron chi connectivity index (χ2n) is 5.45. The van der Waals surface area contributed by atoms with E-state index in [-0.39, 0.29) is 18.2 Å². The zero-order valence-electron chi connectivity index (χ0n) is 12.2. The molecule has 0 aromatic heterocycles. The van der Waals surface area contributed by atoms with Crippen molar-refractivity contribution >= 4 is 21.7 Å². The number of aliphatic carboxylic acids is 1. The molecule has 1 N–H and O–H groups in total. The summed E-state index contributed by atoms with van der Waals surface area (Å²) in [6.07, 6.45) is 2.98. The van der Waals surface area contributed by atoms with Crippen LogP contribution in [0.5, 0.6) is 0 Å². The number of carboxylic acid groups (broad SMARTS) is 1. The maximum Gasteiger partial charge on any atom is 0.305 e. The molecule has 0 saturated heterocycles. The highest BCUT2D eigenvalue weighted by molar-refractivity contribution is 7.93. The Balaban J connectivity index is 2.36. The molecule has 2 rings (SSSR count). The molecule has 0 spiro atoms. The molecule has 0 atom stereocenters. The van der Waals surface area contributed by atoms with Crippen LogP contribution in [0.15, 0.2) is 24.3 Å². The lowest BCUT2D eigenvalue weighted by Crippen LogP contribution is -2.39. The number of para-hydroxylation sites is 1. The van der Waals surface area contributed by atoms with E-state index in [9.17, 15) is 13.2 Å². The Morgan fingerprint density at radius 2 is 1.90 bits per heavy atom. The molecule has 0 aliphatic heterocycles. The molecule has 1 aliphatic carbocycles. The smallest absolute Gasteiger partial charge is 0.305 e. The largest absolute Gasteiger partial charge is 0.481 e. The first-order valence-electron chi connectivity index (χ1n) is 7.22. The lowest BCUT2D eigenvalue weighted by atomic mass is 10.2. The van der Waals surface area contributed by atoms with Crippen LogP contribution in [0.1, 0.15) is 37.7 Å². The fourth-order valence-corrected chi connectivity index (χ4v) is 4.91. The first kappa shape index (κ1) is 15.8. The molecule has 1 aliphatic rings. The summed E-state index contributed by atoms with van der Waals surface area (Å²) in [5, 5.41) is 8.50. The van der Waals surface area contributed by atoms with Gasteiger partial charge >= 0.3 is 5.97 Å². The monoisotopic (exact) mass is 311 g/mol. The Hall–Kier alpha value is -1.56. The Bertz CT molecular complexity index is 606. The highest BCUT2D eigenvalue weighted by atomic mass is 32.2. The summed E-state index contributed by atoms with van der Waals surface area (Å²) in [5.74, 6) is -0.991. The Labute approximate surface area is 125 Å². The van der Waals surface area contributed by atoms with Gasteiger partial charge in [-0.05, 0) is 31.4 Å². The van der Waals surface area contributed by atoms with Gasteiger partial charge in [0, 0.05) is 6.54 Å². The van der Waals surface area contributed by atoms with Crippen molar-refractivity contribution in [2.24, 2.45) is 0 Å². The molecule has 6 heteroatoms. The molecule has 116 valence electrons. The van der Waals surface area contributed by atoms with Crippen molar-refractivity contribution in [3.8, 4) is 0 Å². The number of sulfonamides is 1. The number of hydrogen-bond donors (Lipinski definition) is 1. The van der Waals surface area contributed by atoms with Gasteiger partial charge in [0.15, 0.2) is 0 Å². The van der Waals surface area contributed by atoms with Crippen molar-refractivity contribution in [2.45, 2.75) is 44.3 Å². The van der Waals surface area contributed by atoms with Crippen LogP contribution in [-0.2, 0) is 14.8 Å². The van der Waals surface area contributed by atoms with Crippen LogP contribution in [-0.4, -0.2) is 31.3 Å². The van der Waals surface area contributed by atoms with Crippen molar-refractivity contribution in [1.29, 1.82) is 0 Å². The summed E-state index contributed by atoms with van der Waals surface area (Å²) >= 11 is 0. The zero-order valence-corrected chi connectivity index (χ0v) is 13.0. The maximum absolute atomic E-state index is 12.8. The van der Waals surface area contributed by atoms with Crippen molar-refractivity contribution in [1.82, 2.24) is 0 Å². The van der Waals surface area contributed by atoms with Gasteiger partial charge in [-0.25, -0.2) is 8.42 Å². The van der Waals surface area contributed by atoms with E-state index in [1.54, 1.807) is 12.1 Å². The fourth-order valence-electron chi connectivity index (χ4n) is 2.79. The van der Waals surface area contributed by atoms with Gasteiger partial charge in [0.2, 0.25) is 10.0 Å². The van der Waals surface area contributed by atoms with E-state index in [4.69, 9.17) is 5.11 Å². The predicted octanol–water partition coefficient (Wildman–Crippen LogP) is 2.55. The predicted molar refractivity (Wildman–Crippen MR) is 82.0 cm³/mol. The number of carboxylic acids is 1. The highest BCUT2D eigenvalue weighted by Crippen LogP contribution is 2.31. The first-order chi connectivity index (χ1) is 9.93. The third-order valence-electron chi connectivity index (χ3n) is 3.94. The van der Waals surface area contributed by atoms with Crippen LogP contribution in [0.3, 0.4) is 0 Å². The maximum atomic E-state index is 12.8. The average Bonchev–Trinajstić information content (AvgIpc) is 2.95. The minimum atomic E-state index is -3.50. The van der Waals surface area contributed by atoms with Crippen LogP contribution >= 0.6 is 0 Å². The van der Waals surface area contributed by atoms with Gasteiger partial charge in [0.1, 0.15) is 0 Å². The SMILES string of the molecule is Cc1ccccc1N(CCC(=O)O)S(=O)(=O)C1CCCC1. The van der Waals surface area contributed by atoms with Gasteiger partial charge in [0.05, 0.1) is 17.4 Å². The zero-order chi connectivity index (χ0) is 15.5. The Morgan fingerprint density at radius 3 is 2.48 bits per heavy atom. The lowest BCUT2D eigenvalue weighted by molar-refractivity contribution is -0.136. The summed E-state index contributed by atoms with van der Waals surface area (Å²) < 4.78 is 27.0. The summed E-state index contributed by atoms with van der Waals surface area (Å²) in [4.78, 5) is 10.8. The topological polar surface area (TPSA) is 74.7 Å². The van der Waals surface area contributed by atoms with Gasteiger partial charge in [-0.2, -0.15) is 0 Å². The second kappa shape index (κ2) is 6.47. The number of hydrogen-bond acceptors (Lipinski definition) is 3. The summed E-state index contributed by atoms with van der Waals surface area (Å²) in [5.41, 5.74) is 1.43. The van der Waals surface area contributed by atoms with E-state index < -0.39 is 16.0 Å². The first-order valence-corrected chi connectivity index (χ1v) is 8.72. The molecule has 1 aromatic rings. The molecule has 1 fully saturated rings. The van der Waals surface area contributed by atoms with E-state index in [0.29, 0.717) is 18.5 Å². The number of benzene rings is 1. The summed E-state index contributed by atoms with van der Waals surface area (Å²) in [6, 6.07) is 7.20. The standard InChI is InChI=1S/C15H21NO4S/c1-12-6-2-5-9-14(12)16(11-10-15(17)18)21(19,20)13-7-3-4-8-13/h2,5-6,9,13H,3-4,7-8,10-11H2,1H3,(H,17,18). The normalized spacial score (nSPS) is 16.0. The van der Waals surface area contributed by atoms with Crippen molar-refractivity contribution in [2.75, 3.05) is 10.8 Å².